The molecule has 1 aromatic carbocycles. The van der Waals surface area contributed by atoms with Gasteiger partial charge in [-0.2, -0.15) is 5.26 Å². The van der Waals surface area contributed by atoms with Gasteiger partial charge in [0, 0.05) is 30.3 Å². The number of hydrogen-bond donors (Lipinski definition) is 0. The minimum Gasteiger partial charge on any atom is -0.264 e. The molecule has 0 saturated heterocycles. The van der Waals surface area contributed by atoms with Crippen molar-refractivity contribution in [2.24, 2.45) is 5.92 Å². The van der Waals surface area contributed by atoms with Crippen molar-refractivity contribution in [1.29, 1.82) is 5.26 Å². The molecule has 0 spiro atoms. The van der Waals surface area contributed by atoms with Gasteiger partial charge in [0.05, 0.1) is 6.07 Å². The molecule has 1 heterocycles. The highest BCUT2D eigenvalue weighted by molar-refractivity contribution is 5.63. The lowest BCUT2D eigenvalue weighted by Crippen LogP contribution is -2.06. The molecule has 0 fully saturated rings. The Bertz CT molecular complexity index is 567. The predicted molar refractivity (Wildman–Crippen MR) is 77.5 cm³/mol. The van der Waals surface area contributed by atoms with E-state index < -0.39 is 0 Å². The summed E-state index contributed by atoms with van der Waals surface area (Å²) in [6, 6.07) is 14.7. The summed E-state index contributed by atoms with van der Waals surface area (Å²) in [5.74, 6) is 0.689. The number of benzene rings is 1. The highest BCUT2D eigenvalue weighted by atomic mass is 14.6. The fourth-order valence-electron chi connectivity index (χ4n) is 2.29. The van der Waals surface area contributed by atoms with Gasteiger partial charge < -0.3 is 0 Å². The number of aromatic nitrogens is 1. The van der Waals surface area contributed by atoms with E-state index in [2.05, 4.69) is 43.1 Å². The van der Waals surface area contributed by atoms with E-state index >= 15 is 0 Å². The molecule has 1 unspecified atom stereocenters. The fraction of sp³-hybridized carbons (Fsp3) is 0.294. The second-order valence-corrected chi connectivity index (χ2v) is 5.09. The minimum absolute atomic E-state index is 0.251. The van der Waals surface area contributed by atoms with Crippen LogP contribution in [0.1, 0.15) is 31.7 Å². The van der Waals surface area contributed by atoms with E-state index in [-0.39, 0.29) is 5.92 Å². The molecule has 2 heteroatoms. The van der Waals surface area contributed by atoms with Crippen LogP contribution < -0.4 is 0 Å². The summed E-state index contributed by atoms with van der Waals surface area (Å²) in [7, 11) is 0. The maximum Gasteiger partial charge on any atom is 0.0628 e. The van der Waals surface area contributed by atoms with E-state index in [4.69, 9.17) is 5.26 Å². The smallest absolute Gasteiger partial charge is 0.0628 e. The molecule has 2 aromatic rings. The van der Waals surface area contributed by atoms with Crippen molar-refractivity contribution in [1.82, 2.24) is 4.98 Å². The molecule has 0 radical (unpaired) electrons. The third kappa shape index (κ3) is 3.20. The number of nitrogens with zero attached hydrogens (tertiary/aromatic N) is 2. The highest BCUT2D eigenvalue weighted by Crippen LogP contribution is 2.29. The van der Waals surface area contributed by atoms with Gasteiger partial charge in [0.25, 0.3) is 0 Å². The highest BCUT2D eigenvalue weighted by Gasteiger charge is 2.16. The van der Waals surface area contributed by atoms with E-state index in [1.165, 1.54) is 0 Å². The Kier molecular flexibility index (Phi) is 4.30. The molecule has 96 valence electrons. The summed E-state index contributed by atoms with van der Waals surface area (Å²) in [4.78, 5) is 4.34. The van der Waals surface area contributed by atoms with Crippen molar-refractivity contribution in [2.75, 3.05) is 0 Å². The standard InChI is InChI=1S/C17H18N2/c1-13(2)17(8-9-18)16-10-15(11-19-12-16)14-6-4-3-5-7-14/h3-7,10-13,17H,8H2,1-2H3. The summed E-state index contributed by atoms with van der Waals surface area (Å²) in [6.45, 7) is 4.30. The van der Waals surface area contributed by atoms with Gasteiger partial charge in [0.1, 0.15) is 0 Å². The van der Waals surface area contributed by atoms with Gasteiger partial charge in [0.15, 0.2) is 0 Å². The molecule has 2 rings (SSSR count). The van der Waals surface area contributed by atoms with Gasteiger partial charge in [-0.15, -0.1) is 0 Å². The van der Waals surface area contributed by atoms with Gasteiger partial charge in [0.2, 0.25) is 0 Å². The Morgan fingerprint density at radius 1 is 1.11 bits per heavy atom. The third-order valence-electron chi connectivity index (χ3n) is 3.41. The fourth-order valence-corrected chi connectivity index (χ4v) is 2.29. The van der Waals surface area contributed by atoms with Crippen molar-refractivity contribution in [3.8, 4) is 17.2 Å². The molecule has 0 aliphatic rings. The molecular weight excluding hydrogens is 232 g/mol. The molecule has 0 saturated carbocycles. The second-order valence-electron chi connectivity index (χ2n) is 5.09. The average molecular weight is 250 g/mol. The van der Waals surface area contributed by atoms with Gasteiger partial charge in [-0.05, 0) is 23.1 Å². The van der Waals surface area contributed by atoms with Gasteiger partial charge in [-0.1, -0.05) is 44.2 Å². The number of nitriles is 1. The summed E-state index contributed by atoms with van der Waals surface area (Å²) < 4.78 is 0. The molecule has 1 atom stereocenters. The maximum absolute atomic E-state index is 8.96. The topological polar surface area (TPSA) is 36.7 Å². The van der Waals surface area contributed by atoms with Crippen LogP contribution in [0.2, 0.25) is 0 Å². The number of hydrogen-bond acceptors (Lipinski definition) is 2. The zero-order chi connectivity index (χ0) is 13.7. The van der Waals surface area contributed by atoms with E-state index in [9.17, 15) is 0 Å². The van der Waals surface area contributed by atoms with Gasteiger partial charge in [-0.3, -0.25) is 4.98 Å². The summed E-state index contributed by atoms with van der Waals surface area (Å²) >= 11 is 0. The van der Waals surface area contributed by atoms with Crippen LogP contribution in [0.4, 0.5) is 0 Å². The second kappa shape index (κ2) is 6.15. The first-order valence-corrected chi connectivity index (χ1v) is 6.59. The van der Waals surface area contributed by atoms with Crippen molar-refractivity contribution in [3.05, 3.63) is 54.4 Å². The Hall–Kier alpha value is -2.14. The number of rotatable bonds is 4. The maximum atomic E-state index is 8.96. The van der Waals surface area contributed by atoms with Crippen LogP contribution in [-0.4, -0.2) is 4.98 Å². The van der Waals surface area contributed by atoms with Crippen LogP contribution in [0.5, 0.6) is 0 Å². The van der Waals surface area contributed by atoms with E-state index in [1.54, 1.807) is 0 Å². The normalized spacial score (nSPS) is 12.1. The first-order valence-electron chi connectivity index (χ1n) is 6.59. The van der Waals surface area contributed by atoms with Gasteiger partial charge in [-0.25, -0.2) is 0 Å². The van der Waals surface area contributed by atoms with Crippen LogP contribution >= 0.6 is 0 Å². The molecule has 2 nitrogen and oxygen atoms in total. The van der Waals surface area contributed by atoms with Crippen molar-refractivity contribution < 1.29 is 0 Å². The summed E-state index contributed by atoms with van der Waals surface area (Å²) in [6.07, 6.45) is 4.30. The Balaban J connectivity index is 2.36. The SMILES string of the molecule is CC(C)C(CC#N)c1cncc(-c2ccccc2)c1. The molecule has 1 aromatic heterocycles. The molecule has 0 aliphatic heterocycles. The number of pyridine rings is 1. The zero-order valence-corrected chi connectivity index (χ0v) is 11.4. The quantitative estimate of drug-likeness (QED) is 0.806. The minimum atomic E-state index is 0.251. The molecule has 0 bridgehead atoms. The molecule has 0 amide bonds. The molecule has 0 N–H and O–H groups in total. The van der Waals surface area contributed by atoms with Crippen molar-refractivity contribution in [2.45, 2.75) is 26.2 Å². The first kappa shape index (κ1) is 13.3. The molecule has 0 aliphatic carbocycles. The van der Waals surface area contributed by atoms with Crippen LogP contribution in [0, 0.1) is 17.2 Å². The van der Waals surface area contributed by atoms with Crippen LogP contribution in [-0.2, 0) is 0 Å². The van der Waals surface area contributed by atoms with Crippen LogP contribution in [0.15, 0.2) is 48.8 Å². The third-order valence-corrected chi connectivity index (χ3v) is 3.41. The predicted octanol–water partition coefficient (Wildman–Crippen LogP) is 4.40. The Labute approximate surface area is 114 Å². The Morgan fingerprint density at radius 3 is 2.47 bits per heavy atom. The lowest BCUT2D eigenvalue weighted by atomic mass is 9.86. The van der Waals surface area contributed by atoms with Crippen molar-refractivity contribution >= 4 is 0 Å². The van der Waals surface area contributed by atoms with Crippen molar-refractivity contribution in [3.63, 3.8) is 0 Å². The monoisotopic (exact) mass is 250 g/mol. The van der Waals surface area contributed by atoms with Gasteiger partial charge >= 0.3 is 0 Å². The van der Waals surface area contributed by atoms with Crippen LogP contribution in [0.25, 0.3) is 11.1 Å². The first-order chi connectivity index (χ1) is 9.22. The van der Waals surface area contributed by atoms with E-state index in [0.29, 0.717) is 12.3 Å². The lowest BCUT2D eigenvalue weighted by Gasteiger charge is -2.18. The summed E-state index contributed by atoms with van der Waals surface area (Å²) in [5.41, 5.74) is 3.43. The largest absolute Gasteiger partial charge is 0.264 e. The average Bonchev–Trinajstić information content (AvgIpc) is 2.45. The van der Waals surface area contributed by atoms with Crippen LogP contribution in [0.3, 0.4) is 0 Å². The van der Waals surface area contributed by atoms with E-state index in [0.717, 1.165) is 16.7 Å². The zero-order valence-electron chi connectivity index (χ0n) is 11.4. The lowest BCUT2D eigenvalue weighted by molar-refractivity contribution is 0.505. The van der Waals surface area contributed by atoms with E-state index in [1.807, 2.05) is 30.6 Å². The molecule has 19 heavy (non-hydrogen) atoms. The Morgan fingerprint density at radius 2 is 1.84 bits per heavy atom. The molecular formula is C17H18N2. The summed E-state index contributed by atoms with van der Waals surface area (Å²) in [5, 5.41) is 8.96.